The smallest absolute Gasteiger partial charge is 0.220 e. The number of hydrogen-bond acceptors (Lipinski definition) is 3. The van der Waals surface area contributed by atoms with Crippen LogP contribution in [0.25, 0.3) is 0 Å². The summed E-state index contributed by atoms with van der Waals surface area (Å²) in [6.45, 7) is 2.63. The van der Waals surface area contributed by atoms with Crippen LogP contribution in [-0.4, -0.2) is 18.5 Å². The molecular formula is C12H19BrN2OS. The Kier molecular flexibility index (Phi) is 6.77. The SMILES string of the molecule is CC(N)CCNC(=O)CCCc1ccc(Br)s1. The van der Waals surface area contributed by atoms with Gasteiger partial charge in [-0.05, 0) is 54.2 Å². The number of amides is 1. The molecule has 0 aliphatic heterocycles. The first kappa shape index (κ1) is 14.7. The van der Waals surface area contributed by atoms with Gasteiger partial charge < -0.3 is 11.1 Å². The van der Waals surface area contributed by atoms with Crippen molar-refractivity contribution in [3.05, 3.63) is 20.8 Å². The Bertz CT molecular complexity index is 352. The fraction of sp³-hybridized carbons (Fsp3) is 0.583. The fourth-order valence-electron chi connectivity index (χ4n) is 1.44. The van der Waals surface area contributed by atoms with E-state index in [4.69, 9.17) is 5.73 Å². The highest BCUT2D eigenvalue weighted by Crippen LogP contribution is 2.23. The quantitative estimate of drug-likeness (QED) is 0.812. The van der Waals surface area contributed by atoms with E-state index in [9.17, 15) is 4.79 Å². The molecule has 1 heterocycles. The molecule has 96 valence electrons. The van der Waals surface area contributed by atoms with Crippen LogP contribution in [0.1, 0.15) is 31.1 Å². The number of halogens is 1. The molecule has 3 N–H and O–H groups in total. The molecule has 0 aliphatic carbocycles. The minimum atomic E-state index is 0.126. The molecular weight excluding hydrogens is 300 g/mol. The van der Waals surface area contributed by atoms with Crippen molar-refractivity contribution >= 4 is 33.2 Å². The first-order valence-electron chi connectivity index (χ1n) is 5.84. The average molecular weight is 319 g/mol. The molecule has 0 bridgehead atoms. The summed E-state index contributed by atoms with van der Waals surface area (Å²) in [7, 11) is 0. The highest BCUT2D eigenvalue weighted by atomic mass is 79.9. The average Bonchev–Trinajstić information content (AvgIpc) is 2.63. The molecule has 1 aromatic rings. The fourth-order valence-corrected chi connectivity index (χ4v) is 2.96. The van der Waals surface area contributed by atoms with Crippen LogP contribution in [0.3, 0.4) is 0 Å². The largest absolute Gasteiger partial charge is 0.356 e. The highest BCUT2D eigenvalue weighted by Gasteiger charge is 2.03. The maximum atomic E-state index is 11.5. The number of nitrogens with two attached hydrogens (primary N) is 1. The summed E-state index contributed by atoms with van der Waals surface area (Å²) in [5.41, 5.74) is 5.60. The van der Waals surface area contributed by atoms with Crippen LogP contribution in [0.15, 0.2) is 15.9 Å². The van der Waals surface area contributed by atoms with E-state index in [1.165, 1.54) is 4.88 Å². The molecule has 0 aliphatic rings. The molecule has 0 fully saturated rings. The van der Waals surface area contributed by atoms with Crippen molar-refractivity contribution in [3.8, 4) is 0 Å². The first-order chi connectivity index (χ1) is 8.08. The van der Waals surface area contributed by atoms with Gasteiger partial charge in [0.1, 0.15) is 0 Å². The molecule has 1 rings (SSSR count). The van der Waals surface area contributed by atoms with Crippen LogP contribution in [0.4, 0.5) is 0 Å². The normalized spacial score (nSPS) is 12.4. The van der Waals surface area contributed by atoms with Gasteiger partial charge >= 0.3 is 0 Å². The van der Waals surface area contributed by atoms with Crippen LogP contribution < -0.4 is 11.1 Å². The lowest BCUT2D eigenvalue weighted by Crippen LogP contribution is -2.28. The maximum absolute atomic E-state index is 11.5. The molecule has 5 heteroatoms. The van der Waals surface area contributed by atoms with E-state index in [1.54, 1.807) is 11.3 Å². The van der Waals surface area contributed by atoms with E-state index in [0.29, 0.717) is 13.0 Å². The van der Waals surface area contributed by atoms with Crippen molar-refractivity contribution in [2.24, 2.45) is 5.73 Å². The van der Waals surface area contributed by atoms with Gasteiger partial charge in [0.2, 0.25) is 5.91 Å². The Morgan fingerprint density at radius 1 is 1.59 bits per heavy atom. The number of nitrogens with one attached hydrogen (secondary N) is 1. The Hall–Kier alpha value is -0.390. The lowest BCUT2D eigenvalue weighted by molar-refractivity contribution is -0.121. The molecule has 0 radical (unpaired) electrons. The molecule has 1 unspecified atom stereocenters. The lowest BCUT2D eigenvalue weighted by Gasteiger charge is -2.06. The third-order valence-electron chi connectivity index (χ3n) is 2.38. The number of rotatable bonds is 7. The molecule has 17 heavy (non-hydrogen) atoms. The topological polar surface area (TPSA) is 55.1 Å². The summed E-state index contributed by atoms with van der Waals surface area (Å²) in [4.78, 5) is 12.8. The predicted octanol–water partition coefficient (Wildman–Crippen LogP) is 2.69. The third kappa shape index (κ3) is 6.81. The Morgan fingerprint density at radius 3 is 2.94 bits per heavy atom. The van der Waals surface area contributed by atoms with Crippen molar-refractivity contribution < 1.29 is 4.79 Å². The van der Waals surface area contributed by atoms with Gasteiger partial charge in [-0.25, -0.2) is 0 Å². The highest BCUT2D eigenvalue weighted by molar-refractivity contribution is 9.11. The van der Waals surface area contributed by atoms with Crippen molar-refractivity contribution in [1.82, 2.24) is 5.32 Å². The Morgan fingerprint density at radius 2 is 2.35 bits per heavy atom. The second-order valence-electron chi connectivity index (χ2n) is 4.18. The number of hydrogen-bond donors (Lipinski definition) is 2. The first-order valence-corrected chi connectivity index (χ1v) is 7.45. The molecule has 0 aromatic carbocycles. The van der Waals surface area contributed by atoms with E-state index < -0.39 is 0 Å². The summed E-state index contributed by atoms with van der Waals surface area (Å²) < 4.78 is 1.15. The number of aryl methyl sites for hydroxylation is 1. The Balaban J connectivity index is 2.08. The molecule has 0 spiro atoms. The lowest BCUT2D eigenvalue weighted by atomic mass is 10.2. The summed E-state index contributed by atoms with van der Waals surface area (Å²) >= 11 is 5.16. The third-order valence-corrected chi connectivity index (χ3v) is 4.06. The maximum Gasteiger partial charge on any atom is 0.220 e. The van der Waals surface area contributed by atoms with Crippen LogP contribution in [0, 0.1) is 0 Å². The van der Waals surface area contributed by atoms with Crippen LogP contribution in [0.2, 0.25) is 0 Å². The van der Waals surface area contributed by atoms with E-state index >= 15 is 0 Å². The van der Waals surface area contributed by atoms with Crippen molar-refractivity contribution in [3.63, 3.8) is 0 Å². The second kappa shape index (κ2) is 7.84. The van der Waals surface area contributed by atoms with Gasteiger partial charge in [0.15, 0.2) is 0 Å². The second-order valence-corrected chi connectivity index (χ2v) is 6.72. The molecule has 1 atom stereocenters. The van der Waals surface area contributed by atoms with Gasteiger partial charge in [-0.15, -0.1) is 11.3 Å². The zero-order chi connectivity index (χ0) is 12.7. The van der Waals surface area contributed by atoms with Crippen LogP contribution in [-0.2, 0) is 11.2 Å². The number of carbonyl (C=O) groups excluding carboxylic acids is 1. The van der Waals surface area contributed by atoms with Crippen molar-refractivity contribution in [1.29, 1.82) is 0 Å². The Labute approximate surface area is 115 Å². The van der Waals surface area contributed by atoms with Crippen LogP contribution >= 0.6 is 27.3 Å². The van der Waals surface area contributed by atoms with E-state index in [-0.39, 0.29) is 11.9 Å². The van der Waals surface area contributed by atoms with Gasteiger partial charge in [0.25, 0.3) is 0 Å². The molecule has 1 aromatic heterocycles. The van der Waals surface area contributed by atoms with Gasteiger partial charge in [-0.1, -0.05) is 0 Å². The van der Waals surface area contributed by atoms with Gasteiger partial charge in [-0.3, -0.25) is 4.79 Å². The minimum absolute atomic E-state index is 0.126. The monoisotopic (exact) mass is 318 g/mol. The summed E-state index contributed by atoms with van der Waals surface area (Å²) in [6.07, 6.45) is 3.30. The standard InChI is InChI=1S/C12H19BrN2OS/c1-9(14)7-8-15-12(16)4-2-3-10-5-6-11(13)17-10/h5-6,9H,2-4,7-8,14H2,1H3,(H,15,16). The van der Waals surface area contributed by atoms with Crippen molar-refractivity contribution in [2.45, 2.75) is 38.6 Å². The zero-order valence-electron chi connectivity index (χ0n) is 10.0. The van der Waals surface area contributed by atoms with E-state index in [1.807, 2.05) is 13.0 Å². The molecule has 3 nitrogen and oxygen atoms in total. The summed E-state index contributed by atoms with van der Waals surface area (Å²) in [5.74, 6) is 0.126. The number of carbonyl (C=O) groups is 1. The number of thiophene rings is 1. The van der Waals surface area contributed by atoms with Gasteiger partial charge in [0.05, 0.1) is 3.79 Å². The predicted molar refractivity (Wildman–Crippen MR) is 76.2 cm³/mol. The van der Waals surface area contributed by atoms with Crippen molar-refractivity contribution in [2.75, 3.05) is 6.54 Å². The van der Waals surface area contributed by atoms with Gasteiger partial charge in [-0.2, -0.15) is 0 Å². The molecule has 1 amide bonds. The summed E-state index contributed by atoms with van der Waals surface area (Å²) in [5, 5.41) is 2.88. The molecule has 0 saturated carbocycles. The zero-order valence-corrected chi connectivity index (χ0v) is 12.4. The van der Waals surface area contributed by atoms with Gasteiger partial charge in [0, 0.05) is 23.9 Å². The van der Waals surface area contributed by atoms with E-state index in [0.717, 1.165) is 23.0 Å². The summed E-state index contributed by atoms with van der Waals surface area (Å²) in [6, 6.07) is 4.30. The van der Waals surface area contributed by atoms with Crippen LogP contribution in [0.5, 0.6) is 0 Å². The molecule has 0 saturated heterocycles. The van der Waals surface area contributed by atoms with E-state index in [2.05, 4.69) is 27.3 Å². The minimum Gasteiger partial charge on any atom is -0.356 e.